The fourth-order valence-electron chi connectivity index (χ4n) is 3.01. The van der Waals surface area contributed by atoms with Crippen LogP contribution in [0.2, 0.25) is 0 Å². The number of nitrogens with zero attached hydrogens (tertiary/aromatic N) is 2. The first-order valence-corrected chi connectivity index (χ1v) is 8.59. The monoisotopic (exact) mass is 327 g/mol. The van der Waals surface area contributed by atoms with E-state index in [9.17, 15) is 4.79 Å². The molecule has 0 bridgehead atoms. The molecule has 1 amide bonds. The fraction of sp³-hybridized carbons (Fsp3) is 0.389. The first-order valence-electron chi connectivity index (χ1n) is 7.71. The number of hydrogen-bond donors (Lipinski definition) is 1. The molecule has 0 saturated heterocycles. The first kappa shape index (κ1) is 15.9. The van der Waals surface area contributed by atoms with Crippen LogP contribution in [0, 0.1) is 17.3 Å². The summed E-state index contributed by atoms with van der Waals surface area (Å²) >= 11 is 1.45. The quantitative estimate of drug-likeness (QED) is 0.848. The lowest BCUT2D eigenvalue weighted by molar-refractivity contribution is -0.118. The highest BCUT2D eigenvalue weighted by atomic mass is 32.1. The highest BCUT2D eigenvalue weighted by Gasteiger charge is 2.60. The smallest absolute Gasteiger partial charge is 0.230 e. The summed E-state index contributed by atoms with van der Waals surface area (Å²) in [5.74, 6) is 0.387. The van der Waals surface area contributed by atoms with Crippen molar-refractivity contribution >= 4 is 22.4 Å². The molecule has 0 aliphatic heterocycles. The van der Waals surface area contributed by atoms with Crippen LogP contribution in [-0.4, -0.2) is 15.9 Å². The van der Waals surface area contributed by atoms with E-state index in [1.807, 2.05) is 17.5 Å². The fourth-order valence-corrected chi connectivity index (χ4v) is 3.73. The van der Waals surface area contributed by atoms with Crippen LogP contribution in [-0.2, 0) is 4.79 Å². The predicted molar refractivity (Wildman–Crippen MR) is 94.2 cm³/mol. The van der Waals surface area contributed by atoms with Crippen LogP contribution in [0.15, 0.2) is 41.6 Å². The molecule has 1 saturated carbocycles. The second kappa shape index (κ2) is 5.89. The SMILES string of the molecule is CC(C)=CC1C(C(=O)Nc2nc(-c3cccnc3)cs2)C1(C)C. The standard InChI is InChI=1S/C18H21N3OS/c1-11(2)8-13-15(18(13,3)4)16(22)21-17-20-14(10-23-17)12-6-5-7-19-9-12/h5-10,13,15H,1-4H3,(H,20,21,22). The maximum atomic E-state index is 12.5. The van der Waals surface area contributed by atoms with E-state index in [4.69, 9.17) is 0 Å². The highest BCUT2D eigenvalue weighted by Crippen LogP contribution is 2.59. The average molecular weight is 327 g/mol. The maximum absolute atomic E-state index is 12.5. The van der Waals surface area contributed by atoms with Crippen molar-refractivity contribution in [1.29, 1.82) is 0 Å². The number of pyridine rings is 1. The Kier molecular flexibility index (Phi) is 4.06. The molecule has 1 N–H and O–H groups in total. The molecular weight excluding hydrogens is 306 g/mol. The minimum absolute atomic E-state index is 0.0168. The third-order valence-electron chi connectivity index (χ3n) is 4.40. The number of anilines is 1. The summed E-state index contributed by atoms with van der Waals surface area (Å²) in [5, 5.41) is 5.56. The molecular formula is C18H21N3OS. The molecule has 4 nitrogen and oxygen atoms in total. The van der Waals surface area contributed by atoms with Crippen LogP contribution in [0.4, 0.5) is 5.13 Å². The normalized spacial score (nSPS) is 21.6. The van der Waals surface area contributed by atoms with Gasteiger partial charge in [0.1, 0.15) is 0 Å². The molecule has 2 atom stereocenters. The molecule has 1 aliphatic carbocycles. The molecule has 3 rings (SSSR count). The zero-order valence-corrected chi connectivity index (χ0v) is 14.6. The summed E-state index contributed by atoms with van der Waals surface area (Å²) in [5.41, 5.74) is 3.07. The molecule has 0 aromatic carbocycles. The Balaban J connectivity index is 1.70. The number of nitrogens with one attached hydrogen (secondary N) is 1. The van der Waals surface area contributed by atoms with Gasteiger partial charge in [-0.15, -0.1) is 11.3 Å². The number of carbonyl (C=O) groups is 1. The van der Waals surface area contributed by atoms with Gasteiger partial charge in [-0.05, 0) is 37.3 Å². The van der Waals surface area contributed by atoms with Crippen molar-refractivity contribution in [2.45, 2.75) is 27.7 Å². The molecule has 0 radical (unpaired) electrons. The van der Waals surface area contributed by atoms with Gasteiger partial charge in [-0.2, -0.15) is 0 Å². The van der Waals surface area contributed by atoms with Gasteiger partial charge in [-0.1, -0.05) is 25.5 Å². The van der Waals surface area contributed by atoms with Gasteiger partial charge in [0.05, 0.1) is 11.6 Å². The van der Waals surface area contributed by atoms with E-state index in [-0.39, 0.29) is 17.2 Å². The van der Waals surface area contributed by atoms with Gasteiger partial charge in [0.25, 0.3) is 0 Å². The van der Waals surface area contributed by atoms with Gasteiger partial charge in [0, 0.05) is 23.3 Å². The second-order valence-corrected chi connectivity index (χ2v) is 7.70. The topological polar surface area (TPSA) is 54.9 Å². The van der Waals surface area contributed by atoms with E-state index in [0.717, 1.165) is 11.3 Å². The molecule has 0 spiro atoms. The van der Waals surface area contributed by atoms with E-state index >= 15 is 0 Å². The molecule has 2 aromatic heterocycles. The summed E-state index contributed by atoms with van der Waals surface area (Å²) < 4.78 is 0. The molecule has 2 unspecified atom stereocenters. The van der Waals surface area contributed by atoms with Crippen molar-refractivity contribution in [1.82, 2.24) is 9.97 Å². The number of hydrogen-bond acceptors (Lipinski definition) is 4. The Morgan fingerprint density at radius 1 is 1.39 bits per heavy atom. The lowest BCUT2D eigenvalue weighted by Crippen LogP contribution is -2.16. The van der Waals surface area contributed by atoms with Gasteiger partial charge in [0.15, 0.2) is 5.13 Å². The maximum Gasteiger partial charge on any atom is 0.230 e. The summed E-state index contributed by atoms with van der Waals surface area (Å²) in [7, 11) is 0. The van der Waals surface area contributed by atoms with Crippen molar-refractivity contribution in [2.75, 3.05) is 5.32 Å². The van der Waals surface area contributed by atoms with Crippen LogP contribution in [0.25, 0.3) is 11.3 Å². The zero-order valence-electron chi connectivity index (χ0n) is 13.8. The number of aromatic nitrogens is 2. The second-order valence-electron chi connectivity index (χ2n) is 6.84. The number of amides is 1. The summed E-state index contributed by atoms with van der Waals surface area (Å²) in [6.45, 7) is 8.43. The van der Waals surface area contributed by atoms with Crippen molar-refractivity contribution in [3.8, 4) is 11.3 Å². The molecule has 2 heterocycles. The summed E-state index contributed by atoms with van der Waals surface area (Å²) in [4.78, 5) is 21.1. The Morgan fingerprint density at radius 2 is 2.17 bits per heavy atom. The molecule has 5 heteroatoms. The molecule has 120 valence electrons. The van der Waals surface area contributed by atoms with Crippen LogP contribution in [0.3, 0.4) is 0 Å². The third kappa shape index (κ3) is 3.20. The van der Waals surface area contributed by atoms with Crippen LogP contribution in [0.1, 0.15) is 27.7 Å². The Hall–Kier alpha value is -2.01. The highest BCUT2D eigenvalue weighted by molar-refractivity contribution is 7.14. The number of thiazole rings is 1. The van der Waals surface area contributed by atoms with Crippen LogP contribution < -0.4 is 5.32 Å². The van der Waals surface area contributed by atoms with E-state index in [0.29, 0.717) is 11.0 Å². The Bertz CT molecular complexity index is 745. The van der Waals surface area contributed by atoms with Crippen molar-refractivity contribution < 1.29 is 4.79 Å². The Labute approximate surface area is 140 Å². The van der Waals surface area contributed by atoms with E-state index < -0.39 is 0 Å². The zero-order chi connectivity index (χ0) is 16.6. The molecule has 1 aliphatic rings. The van der Waals surface area contributed by atoms with Gasteiger partial charge in [-0.25, -0.2) is 4.98 Å². The number of rotatable bonds is 4. The number of carbonyl (C=O) groups excluding carboxylic acids is 1. The lowest BCUT2D eigenvalue weighted by atomic mass is 10.1. The van der Waals surface area contributed by atoms with Crippen LogP contribution in [0.5, 0.6) is 0 Å². The van der Waals surface area contributed by atoms with Gasteiger partial charge in [0.2, 0.25) is 5.91 Å². The number of allylic oxidation sites excluding steroid dienone is 2. The third-order valence-corrected chi connectivity index (χ3v) is 5.16. The van der Waals surface area contributed by atoms with E-state index in [1.165, 1.54) is 16.9 Å². The average Bonchev–Trinajstić information content (AvgIpc) is 2.86. The van der Waals surface area contributed by atoms with Crippen molar-refractivity contribution in [3.63, 3.8) is 0 Å². The summed E-state index contributed by atoms with van der Waals surface area (Å²) in [6, 6.07) is 3.84. The summed E-state index contributed by atoms with van der Waals surface area (Å²) in [6.07, 6.45) is 5.71. The lowest BCUT2D eigenvalue weighted by Gasteiger charge is -2.02. The van der Waals surface area contributed by atoms with Gasteiger partial charge < -0.3 is 5.32 Å². The van der Waals surface area contributed by atoms with Gasteiger partial charge in [-0.3, -0.25) is 9.78 Å². The van der Waals surface area contributed by atoms with Crippen molar-refractivity contribution in [2.24, 2.45) is 17.3 Å². The van der Waals surface area contributed by atoms with Gasteiger partial charge >= 0.3 is 0 Å². The van der Waals surface area contributed by atoms with Crippen molar-refractivity contribution in [3.05, 3.63) is 41.6 Å². The molecule has 23 heavy (non-hydrogen) atoms. The molecule has 2 aromatic rings. The van der Waals surface area contributed by atoms with Crippen LogP contribution >= 0.6 is 11.3 Å². The Morgan fingerprint density at radius 3 is 2.83 bits per heavy atom. The van der Waals surface area contributed by atoms with E-state index in [1.54, 1.807) is 12.4 Å². The minimum Gasteiger partial charge on any atom is -0.302 e. The largest absolute Gasteiger partial charge is 0.302 e. The predicted octanol–water partition coefficient (Wildman–Crippen LogP) is 4.38. The first-order chi connectivity index (χ1) is 10.9. The minimum atomic E-state index is 0.0168. The van der Waals surface area contributed by atoms with E-state index in [2.05, 4.69) is 49.1 Å². The molecule has 1 fully saturated rings.